The Hall–Kier alpha value is -3.84. The quantitative estimate of drug-likeness (QED) is 0.330. The molecule has 0 radical (unpaired) electrons. The average Bonchev–Trinajstić information content (AvgIpc) is 2.80. The molecule has 0 aliphatic rings. The van der Waals surface area contributed by atoms with Crippen LogP contribution in [0.5, 0.6) is 0 Å². The summed E-state index contributed by atoms with van der Waals surface area (Å²) in [5, 5.41) is 10.0. The van der Waals surface area contributed by atoms with E-state index in [-0.39, 0.29) is 11.9 Å². The Morgan fingerprint density at radius 2 is 1.44 bits per heavy atom. The van der Waals surface area contributed by atoms with Gasteiger partial charge in [-0.3, -0.25) is 0 Å². The van der Waals surface area contributed by atoms with E-state index in [1.807, 2.05) is 49.4 Å². The molecule has 3 N–H and O–H groups in total. The molecule has 4 rings (SSSR count). The second-order valence-electron chi connectivity index (χ2n) is 7.20. The summed E-state index contributed by atoms with van der Waals surface area (Å²) in [6, 6.07) is 28.0. The van der Waals surface area contributed by atoms with Crippen LogP contribution in [0.15, 0.2) is 91.0 Å². The minimum atomic E-state index is -0.292. The molecule has 0 bridgehead atoms. The summed E-state index contributed by atoms with van der Waals surface area (Å²) in [6.07, 6.45) is 0. The number of thiocarbonyl (C=S) groups is 1. The lowest BCUT2D eigenvalue weighted by molar-refractivity contribution is 0.628. The van der Waals surface area contributed by atoms with Crippen molar-refractivity contribution in [2.45, 2.75) is 13.0 Å². The fraction of sp³-hybridized carbons (Fsp3) is 0.0800. The maximum atomic E-state index is 13.2. The van der Waals surface area contributed by atoms with Gasteiger partial charge in [-0.1, -0.05) is 60.7 Å². The lowest BCUT2D eigenvalue weighted by Gasteiger charge is -2.21. The third-order valence-corrected chi connectivity index (χ3v) is 4.96. The first kappa shape index (κ1) is 21.4. The molecule has 0 saturated carbocycles. The zero-order valence-electron chi connectivity index (χ0n) is 17.4. The standard InChI is InChI=1S/C25H22FN5S/c1-17-16-22(28-21-14-12-20(26)13-15-21)29-24(27-17)31-25(32)30-23(18-8-4-2-5-9-18)19-10-6-3-7-11-19/h2-16,23H,1H3,(H3,27,28,29,30,31,32). The number of halogens is 1. The second kappa shape index (κ2) is 9.98. The fourth-order valence-electron chi connectivity index (χ4n) is 3.29. The second-order valence-corrected chi connectivity index (χ2v) is 7.61. The summed E-state index contributed by atoms with van der Waals surface area (Å²) >= 11 is 5.58. The Kier molecular flexibility index (Phi) is 6.67. The number of rotatable bonds is 6. The number of benzene rings is 3. The minimum Gasteiger partial charge on any atom is -0.351 e. The van der Waals surface area contributed by atoms with Crippen LogP contribution in [0.25, 0.3) is 0 Å². The molecule has 3 aromatic carbocycles. The molecular formula is C25H22FN5S. The predicted molar refractivity (Wildman–Crippen MR) is 131 cm³/mol. The molecule has 7 heteroatoms. The lowest BCUT2D eigenvalue weighted by atomic mass is 9.99. The third-order valence-electron chi connectivity index (χ3n) is 4.74. The molecule has 5 nitrogen and oxygen atoms in total. The molecule has 32 heavy (non-hydrogen) atoms. The van der Waals surface area contributed by atoms with Gasteiger partial charge in [0.05, 0.1) is 6.04 Å². The molecule has 0 amide bonds. The van der Waals surface area contributed by atoms with E-state index in [1.165, 1.54) is 12.1 Å². The number of hydrogen-bond donors (Lipinski definition) is 3. The van der Waals surface area contributed by atoms with Crippen molar-refractivity contribution in [1.82, 2.24) is 15.3 Å². The van der Waals surface area contributed by atoms with Gasteiger partial charge in [-0.15, -0.1) is 0 Å². The van der Waals surface area contributed by atoms with E-state index >= 15 is 0 Å². The van der Waals surface area contributed by atoms with Crippen LogP contribution in [-0.2, 0) is 0 Å². The minimum absolute atomic E-state index is 0.126. The number of hydrogen-bond acceptors (Lipinski definition) is 4. The zero-order chi connectivity index (χ0) is 22.3. The van der Waals surface area contributed by atoms with E-state index in [0.717, 1.165) is 22.5 Å². The van der Waals surface area contributed by atoms with E-state index in [1.54, 1.807) is 12.1 Å². The summed E-state index contributed by atoms with van der Waals surface area (Å²) < 4.78 is 13.2. The van der Waals surface area contributed by atoms with E-state index < -0.39 is 0 Å². The van der Waals surface area contributed by atoms with Crippen LogP contribution in [-0.4, -0.2) is 15.1 Å². The van der Waals surface area contributed by atoms with Crippen LogP contribution >= 0.6 is 12.2 Å². The molecular weight excluding hydrogens is 421 g/mol. The molecule has 0 saturated heterocycles. The molecule has 0 unspecified atom stereocenters. The van der Waals surface area contributed by atoms with Crippen molar-refractivity contribution in [3.63, 3.8) is 0 Å². The van der Waals surface area contributed by atoms with Gasteiger partial charge in [0, 0.05) is 17.4 Å². The van der Waals surface area contributed by atoms with Gasteiger partial charge in [0.1, 0.15) is 11.6 Å². The summed E-state index contributed by atoms with van der Waals surface area (Å²) in [6.45, 7) is 1.87. The Bertz CT molecular complexity index is 1140. The van der Waals surface area contributed by atoms with Crippen LogP contribution in [0.3, 0.4) is 0 Å². The number of nitrogens with zero attached hydrogens (tertiary/aromatic N) is 2. The van der Waals surface area contributed by atoms with Crippen LogP contribution in [0, 0.1) is 12.7 Å². The van der Waals surface area contributed by atoms with Gasteiger partial charge < -0.3 is 16.0 Å². The van der Waals surface area contributed by atoms with Crippen molar-refractivity contribution < 1.29 is 4.39 Å². The van der Waals surface area contributed by atoms with Gasteiger partial charge in [-0.25, -0.2) is 9.37 Å². The molecule has 0 aliphatic heterocycles. The van der Waals surface area contributed by atoms with Gasteiger partial charge in [0.25, 0.3) is 0 Å². The van der Waals surface area contributed by atoms with Gasteiger partial charge in [-0.05, 0) is 54.5 Å². The van der Waals surface area contributed by atoms with Crippen LogP contribution in [0.2, 0.25) is 0 Å². The lowest BCUT2D eigenvalue weighted by Crippen LogP contribution is -2.33. The van der Waals surface area contributed by atoms with E-state index in [4.69, 9.17) is 12.2 Å². The number of aromatic nitrogens is 2. The van der Waals surface area contributed by atoms with E-state index in [9.17, 15) is 4.39 Å². The first-order valence-corrected chi connectivity index (χ1v) is 10.5. The fourth-order valence-corrected chi connectivity index (χ4v) is 3.50. The Balaban J connectivity index is 1.51. The normalized spacial score (nSPS) is 10.6. The van der Waals surface area contributed by atoms with Crippen molar-refractivity contribution in [3.05, 3.63) is 114 Å². The highest BCUT2D eigenvalue weighted by atomic mass is 32.1. The van der Waals surface area contributed by atoms with Gasteiger partial charge >= 0.3 is 0 Å². The number of nitrogens with one attached hydrogen (secondary N) is 3. The first-order valence-electron chi connectivity index (χ1n) is 10.1. The summed E-state index contributed by atoms with van der Waals surface area (Å²) in [4.78, 5) is 8.92. The highest BCUT2D eigenvalue weighted by Crippen LogP contribution is 2.22. The average molecular weight is 444 g/mol. The molecule has 160 valence electrons. The molecule has 1 aromatic heterocycles. The first-order chi connectivity index (χ1) is 15.6. The molecule has 1 heterocycles. The van der Waals surface area contributed by atoms with Crippen LogP contribution in [0.1, 0.15) is 22.9 Å². The topological polar surface area (TPSA) is 61.9 Å². The van der Waals surface area contributed by atoms with Crippen molar-refractivity contribution in [2.75, 3.05) is 10.6 Å². The summed E-state index contributed by atoms with van der Waals surface area (Å²) in [5.41, 5.74) is 3.67. The Labute approximate surface area is 191 Å². The van der Waals surface area contributed by atoms with Crippen molar-refractivity contribution in [3.8, 4) is 0 Å². The molecule has 0 fully saturated rings. The van der Waals surface area contributed by atoms with E-state index in [2.05, 4.69) is 50.2 Å². The van der Waals surface area contributed by atoms with Crippen LogP contribution < -0.4 is 16.0 Å². The highest BCUT2D eigenvalue weighted by molar-refractivity contribution is 7.80. The monoisotopic (exact) mass is 443 g/mol. The Morgan fingerprint density at radius 1 is 0.844 bits per heavy atom. The molecule has 0 aliphatic carbocycles. The molecule has 0 spiro atoms. The SMILES string of the molecule is Cc1cc(Nc2ccc(F)cc2)nc(NC(=S)NC(c2ccccc2)c2ccccc2)n1. The zero-order valence-corrected chi connectivity index (χ0v) is 18.2. The Morgan fingerprint density at radius 3 is 2.03 bits per heavy atom. The maximum absolute atomic E-state index is 13.2. The van der Waals surface area contributed by atoms with Crippen molar-refractivity contribution in [2.24, 2.45) is 0 Å². The third kappa shape index (κ3) is 5.65. The number of anilines is 3. The maximum Gasteiger partial charge on any atom is 0.231 e. The van der Waals surface area contributed by atoms with Gasteiger partial charge in [0.15, 0.2) is 5.11 Å². The van der Waals surface area contributed by atoms with Crippen molar-refractivity contribution >= 4 is 34.8 Å². The summed E-state index contributed by atoms with van der Waals surface area (Å²) in [7, 11) is 0. The smallest absolute Gasteiger partial charge is 0.231 e. The number of aryl methyl sites for hydroxylation is 1. The van der Waals surface area contributed by atoms with Gasteiger partial charge in [0.2, 0.25) is 5.95 Å². The van der Waals surface area contributed by atoms with E-state index in [0.29, 0.717) is 16.9 Å². The van der Waals surface area contributed by atoms with Gasteiger partial charge in [-0.2, -0.15) is 4.98 Å². The summed E-state index contributed by atoms with van der Waals surface area (Å²) in [5.74, 6) is 0.656. The largest absolute Gasteiger partial charge is 0.351 e. The predicted octanol–water partition coefficient (Wildman–Crippen LogP) is 5.74. The van der Waals surface area contributed by atoms with Crippen LogP contribution in [0.4, 0.5) is 21.8 Å². The molecule has 4 aromatic rings. The van der Waals surface area contributed by atoms with Crippen molar-refractivity contribution in [1.29, 1.82) is 0 Å². The highest BCUT2D eigenvalue weighted by Gasteiger charge is 2.15. The molecule has 0 atom stereocenters.